The van der Waals surface area contributed by atoms with Crippen LogP contribution in [-0.4, -0.2) is 144 Å². The second-order valence-electron chi connectivity index (χ2n) is 11.7. The normalized spacial score (nSPS) is 15.6. The van der Waals surface area contributed by atoms with Gasteiger partial charge in [-0.25, -0.2) is 9.59 Å². The summed E-state index contributed by atoms with van der Waals surface area (Å²) >= 11 is 0. The zero-order valence-electron chi connectivity index (χ0n) is 27.0. The maximum absolute atomic E-state index is 13.3. The van der Waals surface area contributed by atoms with Crippen molar-refractivity contribution in [3.63, 3.8) is 0 Å². The number of rotatable bonds is 15. The molecule has 1 atom stereocenters. The van der Waals surface area contributed by atoms with Gasteiger partial charge >= 0.3 is 24.0 Å². The van der Waals surface area contributed by atoms with E-state index in [-0.39, 0.29) is 47.1 Å². The molecule has 7 N–H and O–H groups in total. The number of hydrogen-bond donors (Lipinski definition) is 6. The number of carboxylic acids is 2. The topological polar surface area (TPSA) is 218 Å². The van der Waals surface area contributed by atoms with E-state index in [0.717, 1.165) is 0 Å². The molecule has 0 spiro atoms. The molecule has 0 bridgehead atoms. The minimum Gasteiger partial charge on any atom is -0.481 e. The average Bonchev–Trinajstić information content (AvgIpc) is 3.06. The van der Waals surface area contributed by atoms with Crippen LogP contribution in [0, 0.1) is 0 Å². The van der Waals surface area contributed by atoms with E-state index in [1.807, 2.05) is 0 Å². The van der Waals surface area contributed by atoms with E-state index in [2.05, 4.69) is 16.0 Å². The van der Waals surface area contributed by atoms with E-state index in [4.69, 9.17) is 15.9 Å². The Morgan fingerprint density at radius 2 is 1.13 bits per heavy atom. The Balaban J connectivity index is 1.42. The molecule has 6 amide bonds. The van der Waals surface area contributed by atoms with Gasteiger partial charge in [-0.1, -0.05) is 6.42 Å². The number of likely N-dealkylation sites (N-methyl/N-ethyl adjacent to an activating group) is 1. The van der Waals surface area contributed by atoms with Gasteiger partial charge in [0.05, 0.1) is 0 Å². The summed E-state index contributed by atoms with van der Waals surface area (Å²) < 4.78 is 0. The number of hydrogen-bond acceptors (Lipinski definition) is 8. The van der Waals surface area contributed by atoms with Crippen molar-refractivity contribution in [2.24, 2.45) is 0 Å². The lowest BCUT2D eigenvalue weighted by Crippen LogP contribution is -2.53. The number of carbonyl (C=O) groups excluding carboxylic acids is 4. The fraction of sp³-hybridized carbons (Fsp3) is 0.613. The highest BCUT2D eigenvalue weighted by atomic mass is 16.4. The van der Waals surface area contributed by atoms with Crippen molar-refractivity contribution in [2.45, 2.75) is 51.0 Å². The molecule has 2 fully saturated rings. The number of piperazine rings is 2. The number of amides is 6. The Morgan fingerprint density at radius 1 is 0.681 bits per heavy atom. The van der Waals surface area contributed by atoms with E-state index < -0.39 is 18.0 Å². The molecule has 0 radical (unpaired) electrons. The second kappa shape index (κ2) is 18.5. The Kier molecular flexibility index (Phi) is 14.5. The van der Waals surface area contributed by atoms with Crippen LogP contribution in [0.2, 0.25) is 0 Å². The van der Waals surface area contributed by atoms with Crippen LogP contribution in [0.5, 0.6) is 0 Å². The SMILES string of the molecule is CNC(CCCCNC(=O)N1CCN(C(=O)c2cc(N)cc(C(=O)N3CCN(C(=O)NCCCCCC(=O)O)CC3)c2)CC1)C(=O)O. The van der Waals surface area contributed by atoms with Crippen LogP contribution >= 0.6 is 0 Å². The number of carbonyl (C=O) groups is 6. The number of carboxylic acid groups (broad SMARTS) is 2. The third-order valence-corrected chi connectivity index (χ3v) is 8.34. The second-order valence-corrected chi connectivity index (χ2v) is 11.7. The van der Waals surface area contributed by atoms with Crippen LogP contribution in [0.3, 0.4) is 0 Å². The summed E-state index contributed by atoms with van der Waals surface area (Å²) in [6.07, 6.45) is 3.85. The van der Waals surface area contributed by atoms with Gasteiger partial charge in [-0.3, -0.25) is 19.2 Å². The van der Waals surface area contributed by atoms with Crippen LogP contribution in [0.1, 0.15) is 65.7 Å². The third kappa shape index (κ3) is 11.6. The molecule has 2 aliphatic rings. The van der Waals surface area contributed by atoms with Crippen molar-refractivity contribution in [3.05, 3.63) is 29.3 Å². The fourth-order valence-corrected chi connectivity index (χ4v) is 5.55. The van der Waals surface area contributed by atoms with Gasteiger partial charge in [0.1, 0.15) is 6.04 Å². The highest BCUT2D eigenvalue weighted by Gasteiger charge is 2.28. The molecule has 1 aromatic carbocycles. The zero-order chi connectivity index (χ0) is 34.3. The van der Waals surface area contributed by atoms with Crippen LogP contribution in [0.15, 0.2) is 18.2 Å². The van der Waals surface area contributed by atoms with Crippen LogP contribution in [-0.2, 0) is 9.59 Å². The number of nitrogens with one attached hydrogen (secondary N) is 3. The molecule has 1 unspecified atom stereocenters. The molecule has 2 heterocycles. The molecule has 16 nitrogen and oxygen atoms in total. The van der Waals surface area contributed by atoms with Crippen molar-refractivity contribution in [3.8, 4) is 0 Å². The van der Waals surface area contributed by atoms with Gasteiger partial charge in [-0.15, -0.1) is 0 Å². The lowest BCUT2D eigenvalue weighted by Gasteiger charge is -2.35. The lowest BCUT2D eigenvalue weighted by molar-refractivity contribution is -0.139. The lowest BCUT2D eigenvalue weighted by atomic mass is 10.1. The molecule has 0 aromatic heterocycles. The first-order valence-corrected chi connectivity index (χ1v) is 16.2. The Morgan fingerprint density at radius 3 is 1.55 bits per heavy atom. The summed E-state index contributed by atoms with van der Waals surface area (Å²) in [5, 5.41) is 26.2. The van der Waals surface area contributed by atoms with Gasteiger partial charge in [0, 0.05) is 88.7 Å². The van der Waals surface area contributed by atoms with Gasteiger partial charge in [0.15, 0.2) is 0 Å². The molecule has 47 heavy (non-hydrogen) atoms. The van der Waals surface area contributed by atoms with E-state index in [9.17, 15) is 28.8 Å². The first-order valence-electron chi connectivity index (χ1n) is 16.2. The van der Waals surface area contributed by atoms with Crippen LogP contribution in [0.4, 0.5) is 15.3 Å². The summed E-state index contributed by atoms with van der Waals surface area (Å²) in [6, 6.07) is 3.54. The van der Waals surface area contributed by atoms with Crippen molar-refractivity contribution in [2.75, 3.05) is 78.2 Å². The fourth-order valence-electron chi connectivity index (χ4n) is 5.55. The Hall–Kier alpha value is -4.60. The number of anilines is 1. The summed E-state index contributed by atoms with van der Waals surface area (Å²) in [5.41, 5.74) is 6.94. The summed E-state index contributed by atoms with van der Waals surface area (Å²) in [7, 11) is 1.60. The summed E-state index contributed by atoms with van der Waals surface area (Å²) in [4.78, 5) is 79.9. The third-order valence-electron chi connectivity index (χ3n) is 8.34. The smallest absolute Gasteiger partial charge is 0.320 e. The summed E-state index contributed by atoms with van der Waals surface area (Å²) in [6.45, 7) is 3.55. The van der Waals surface area contributed by atoms with E-state index in [1.54, 1.807) is 26.6 Å². The zero-order valence-corrected chi connectivity index (χ0v) is 27.0. The van der Waals surface area contributed by atoms with E-state index in [0.29, 0.717) is 104 Å². The molecule has 3 rings (SSSR count). The minimum atomic E-state index is -0.900. The van der Waals surface area contributed by atoms with Gasteiger partial charge in [0.2, 0.25) is 0 Å². The molecular weight excluding hydrogens is 612 g/mol. The van der Waals surface area contributed by atoms with Crippen LogP contribution in [0.25, 0.3) is 0 Å². The predicted molar refractivity (Wildman–Crippen MR) is 173 cm³/mol. The summed E-state index contributed by atoms with van der Waals surface area (Å²) in [5.74, 6) is -2.30. The van der Waals surface area contributed by atoms with Gasteiger partial charge in [0.25, 0.3) is 11.8 Å². The molecule has 2 aliphatic heterocycles. The Labute approximate surface area is 274 Å². The van der Waals surface area contributed by atoms with E-state index in [1.165, 1.54) is 18.2 Å². The van der Waals surface area contributed by atoms with Crippen molar-refractivity contribution < 1.29 is 39.0 Å². The Bertz CT molecular complexity index is 1260. The van der Waals surface area contributed by atoms with Crippen molar-refractivity contribution in [1.82, 2.24) is 35.6 Å². The molecule has 260 valence electrons. The number of nitrogen functional groups attached to an aromatic ring is 1. The average molecular weight is 661 g/mol. The predicted octanol–water partition coefficient (Wildman–Crippen LogP) is 0.692. The first-order chi connectivity index (χ1) is 22.5. The molecule has 16 heteroatoms. The number of urea groups is 2. The molecule has 2 saturated heterocycles. The monoisotopic (exact) mass is 660 g/mol. The molecule has 1 aromatic rings. The number of nitrogens with zero attached hydrogens (tertiary/aromatic N) is 4. The number of nitrogens with two attached hydrogens (primary N) is 1. The standard InChI is InChI=1S/C31H48N8O8/c1-33-25(29(44)45)7-4-6-10-35-31(47)39-17-13-37(14-18-39)28(43)23-19-22(20-24(32)21-23)27(42)36-11-15-38(16-12-36)30(46)34-9-5-2-3-8-26(40)41/h19-21,25,33H,2-18,32H2,1H3,(H,34,46)(H,35,47)(H,40,41)(H,44,45). The van der Waals surface area contributed by atoms with Gasteiger partial charge < -0.3 is 51.5 Å². The van der Waals surface area contributed by atoms with Crippen molar-refractivity contribution in [1.29, 1.82) is 0 Å². The highest BCUT2D eigenvalue weighted by molar-refractivity contribution is 6.01. The van der Waals surface area contributed by atoms with Crippen molar-refractivity contribution >= 4 is 41.5 Å². The molecule has 0 saturated carbocycles. The quantitative estimate of drug-likeness (QED) is 0.114. The largest absolute Gasteiger partial charge is 0.481 e. The number of unbranched alkanes of at least 4 members (excludes halogenated alkanes) is 3. The molecular formula is C31H48N8O8. The van der Waals surface area contributed by atoms with Gasteiger partial charge in [-0.05, 0) is 57.4 Å². The van der Waals surface area contributed by atoms with E-state index >= 15 is 0 Å². The van der Waals surface area contributed by atoms with Gasteiger partial charge in [-0.2, -0.15) is 0 Å². The highest BCUT2D eigenvalue weighted by Crippen LogP contribution is 2.18. The van der Waals surface area contributed by atoms with Crippen LogP contribution < -0.4 is 21.7 Å². The first kappa shape index (κ1) is 36.9. The maximum atomic E-state index is 13.3. The molecule has 0 aliphatic carbocycles. The maximum Gasteiger partial charge on any atom is 0.320 e. The number of benzene rings is 1. The minimum absolute atomic E-state index is 0.115. The number of aliphatic carboxylic acids is 2.